The van der Waals surface area contributed by atoms with E-state index in [1.54, 1.807) is 12.1 Å². The Labute approximate surface area is 172 Å². The summed E-state index contributed by atoms with van der Waals surface area (Å²) in [6.07, 6.45) is 7.11. The average molecular weight is 403 g/mol. The van der Waals surface area contributed by atoms with Crippen molar-refractivity contribution in [3.05, 3.63) is 60.3 Å². The number of nitriles is 1. The molecule has 3 N–H and O–H groups in total. The number of hydrogen-bond donors (Lipinski definition) is 2. The largest absolute Gasteiger partial charge is 0.396 e. The van der Waals surface area contributed by atoms with Gasteiger partial charge in [-0.1, -0.05) is 0 Å². The Morgan fingerprint density at radius 3 is 2.77 bits per heavy atom. The number of halogens is 1. The number of urea groups is 1. The Hall–Kier alpha value is -4.06. The van der Waals surface area contributed by atoms with E-state index in [1.165, 1.54) is 41.7 Å². The molecule has 1 fully saturated rings. The van der Waals surface area contributed by atoms with Gasteiger partial charge in [-0.3, -0.25) is 15.2 Å². The maximum atomic E-state index is 13.7. The number of benzene rings is 1. The molecule has 2 heterocycles. The first-order valence-corrected chi connectivity index (χ1v) is 9.39. The fourth-order valence-corrected chi connectivity index (χ4v) is 3.20. The molecule has 1 aliphatic rings. The van der Waals surface area contributed by atoms with Gasteiger partial charge in [-0.15, -0.1) is 0 Å². The number of nitrogen functional groups attached to an aromatic ring is 1. The van der Waals surface area contributed by atoms with Crippen molar-refractivity contribution in [1.29, 1.82) is 5.26 Å². The van der Waals surface area contributed by atoms with Crippen molar-refractivity contribution < 1.29 is 9.18 Å². The highest BCUT2D eigenvalue weighted by molar-refractivity contribution is 6.03. The van der Waals surface area contributed by atoms with Gasteiger partial charge in [-0.2, -0.15) is 5.26 Å². The Morgan fingerprint density at radius 1 is 1.27 bits per heavy atom. The third-order valence-corrected chi connectivity index (χ3v) is 4.97. The summed E-state index contributed by atoms with van der Waals surface area (Å²) in [5, 5.41) is 11.8. The Kier molecular flexibility index (Phi) is 5.22. The number of carbonyl (C=O) groups is 1. The lowest BCUT2D eigenvalue weighted by atomic mass is 9.91. The zero-order valence-corrected chi connectivity index (χ0v) is 15.9. The molecule has 0 bridgehead atoms. The van der Waals surface area contributed by atoms with Crippen LogP contribution in [0.1, 0.15) is 24.8 Å². The van der Waals surface area contributed by atoms with E-state index in [4.69, 9.17) is 11.0 Å². The number of hydrogen-bond acceptors (Lipinski definition) is 6. The molecule has 2 aromatic heterocycles. The van der Waals surface area contributed by atoms with E-state index >= 15 is 0 Å². The highest BCUT2D eigenvalue weighted by atomic mass is 19.1. The van der Waals surface area contributed by atoms with Crippen molar-refractivity contribution >= 4 is 23.4 Å². The van der Waals surface area contributed by atoms with Gasteiger partial charge in [0.1, 0.15) is 11.9 Å². The molecule has 3 aromatic rings. The number of amides is 2. The predicted molar refractivity (Wildman–Crippen MR) is 110 cm³/mol. The number of aromatic nitrogens is 3. The van der Waals surface area contributed by atoms with Crippen LogP contribution in [0.15, 0.2) is 48.9 Å². The number of nitrogens with zero attached hydrogens (tertiary/aromatic N) is 5. The van der Waals surface area contributed by atoms with Gasteiger partial charge in [0, 0.05) is 24.0 Å². The molecule has 4 rings (SSSR count). The molecule has 0 atom stereocenters. The molecule has 0 radical (unpaired) electrons. The smallest absolute Gasteiger partial charge is 0.329 e. The van der Waals surface area contributed by atoms with E-state index in [2.05, 4.69) is 20.3 Å². The summed E-state index contributed by atoms with van der Waals surface area (Å²) >= 11 is 0. The highest BCUT2D eigenvalue weighted by Gasteiger charge is 2.32. The van der Waals surface area contributed by atoms with E-state index in [0.717, 1.165) is 19.3 Å². The average Bonchev–Trinajstić information content (AvgIpc) is 2.72. The van der Waals surface area contributed by atoms with Crippen molar-refractivity contribution in [2.75, 3.05) is 16.0 Å². The third kappa shape index (κ3) is 3.75. The second-order valence-corrected chi connectivity index (χ2v) is 6.89. The molecule has 1 aliphatic carbocycles. The van der Waals surface area contributed by atoms with Crippen molar-refractivity contribution in [2.24, 2.45) is 0 Å². The molecular formula is C21H18FN7O. The second kappa shape index (κ2) is 8.13. The van der Waals surface area contributed by atoms with Gasteiger partial charge in [0.2, 0.25) is 0 Å². The molecule has 0 saturated heterocycles. The van der Waals surface area contributed by atoms with E-state index in [1.807, 2.05) is 6.07 Å². The highest BCUT2D eigenvalue weighted by Crippen LogP contribution is 2.34. The molecule has 0 spiro atoms. The van der Waals surface area contributed by atoms with Gasteiger partial charge >= 0.3 is 6.03 Å². The molecule has 150 valence electrons. The van der Waals surface area contributed by atoms with E-state index in [-0.39, 0.29) is 11.6 Å². The van der Waals surface area contributed by atoms with Crippen LogP contribution in [0, 0.1) is 17.1 Å². The number of carbonyl (C=O) groups excluding carboxylic acids is 1. The molecule has 8 nitrogen and oxygen atoms in total. The minimum absolute atomic E-state index is 0.0467. The minimum atomic E-state index is -0.601. The summed E-state index contributed by atoms with van der Waals surface area (Å²) in [5.41, 5.74) is 7.46. The number of rotatable bonds is 4. The summed E-state index contributed by atoms with van der Waals surface area (Å²) in [4.78, 5) is 27.2. The molecule has 9 heteroatoms. The molecule has 2 amide bonds. The first-order valence-electron chi connectivity index (χ1n) is 9.39. The summed E-state index contributed by atoms with van der Waals surface area (Å²) in [5.74, 6) is 0.0246. The quantitative estimate of drug-likeness (QED) is 0.685. The van der Waals surface area contributed by atoms with E-state index in [9.17, 15) is 9.18 Å². The number of pyridine rings is 1. The number of nitrogens with one attached hydrogen (secondary N) is 1. The molecule has 0 unspecified atom stereocenters. The van der Waals surface area contributed by atoms with Crippen LogP contribution >= 0.6 is 0 Å². The summed E-state index contributed by atoms with van der Waals surface area (Å²) in [7, 11) is 0. The van der Waals surface area contributed by atoms with Gasteiger partial charge in [0.05, 0.1) is 23.1 Å². The lowest BCUT2D eigenvalue weighted by molar-refractivity contribution is 0.249. The summed E-state index contributed by atoms with van der Waals surface area (Å²) < 4.78 is 13.7. The second-order valence-electron chi connectivity index (χ2n) is 6.89. The van der Waals surface area contributed by atoms with Crippen LogP contribution in [0.25, 0.3) is 11.3 Å². The fraction of sp³-hybridized carbons (Fsp3) is 0.190. The number of anilines is 3. The standard InChI is InChI=1S/C21H18FN7O/c22-16-5-4-13(10-14(16)11-23)18-7-6-17(24)20(27-18)29(15-2-1-3-15)21(30)28-19-12-25-8-9-26-19/h4-10,12,15H,1-3,24H2,(H,26,28,30). The summed E-state index contributed by atoms with van der Waals surface area (Å²) in [6, 6.07) is 8.86. The topological polar surface area (TPSA) is 121 Å². The number of nitrogens with two attached hydrogens (primary N) is 1. The van der Waals surface area contributed by atoms with Crippen LogP contribution < -0.4 is 16.0 Å². The summed E-state index contributed by atoms with van der Waals surface area (Å²) in [6.45, 7) is 0. The van der Waals surface area contributed by atoms with E-state index in [0.29, 0.717) is 28.6 Å². The van der Waals surface area contributed by atoms with Gasteiger partial charge in [-0.05, 0) is 49.6 Å². The Balaban J connectivity index is 1.71. The normalized spacial score (nSPS) is 13.2. The van der Waals surface area contributed by atoms with Crippen molar-refractivity contribution in [1.82, 2.24) is 15.0 Å². The molecule has 0 aliphatic heterocycles. The molecule has 30 heavy (non-hydrogen) atoms. The van der Waals surface area contributed by atoms with Gasteiger partial charge < -0.3 is 5.73 Å². The first kappa shape index (κ1) is 19.3. The fourth-order valence-electron chi connectivity index (χ4n) is 3.20. The van der Waals surface area contributed by atoms with Gasteiger partial charge in [0.15, 0.2) is 11.6 Å². The van der Waals surface area contributed by atoms with Gasteiger partial charge in [-0.25, -0.2) is 19.2 Å². The minimum Gasteiger partial charge on any atom is -0.396 e. The van der Waals surface area contributed by atoms with Crippen molar-refractivity contribution in [3.8, 4) is 17.3 Å². The Morgan fingerprint density at radius 2 is 2.10 bits per heavy atom. The first-order chi connectivity index (χ1) is 14.6. The molecule has 1 saturated carbocycles. The van der Waals surface area contributed by atoms with E-state index < -0.39 is 11.8 Å². The molecule has 1 aromatic carbocycles. The lowest BCUT2D eigenvalue weighted by Crippen LogP contribution is -2.47. The van der Waals surface area contributed by atoms with Crippen LogP contribution in [-0.2, 0) is 0 Å². The van der Waals surface area contributed by atoms with Crippen molar-refractivity contribution in [2.45, 2.75) is 25.3 Å². The zero-order valence-electron chi connectivity index (χ0n) is 15.9. The van der Waals surface area contributed by atoms with Crippen LogP contribution in [-0.4, -0.2) is 27.0 Å². The maximum absolute atomic E-state index is 13.7. The maximum Gasteiger partial charge on any atom is 0.329 e. The zero-order chi connectivity index (χ0) is 21.1. The third-order valence-electron chi connectivity index (χ3n) is 4.97. The Bertz CT molecular complexity index is 1130. The van der Waals surface area contributed by atoms with Gasteiger partial charge in [0.25, 0.3) is 0 Å². The predicted octanol–water partition coefficient (Wildman–Crippen LogP) is 3.72. The van der Waals surface area contributed by atoms with Crippen LogP contribution in [0.3, 0.4) is 0 Å². The van der Waals surface area contributed by atoms with Crippen LogP contribution in [0.4, 0.5) is 26.5 Å². The van der Waals surface area contributed by atoms with Crippen molar-refractivity contribution in [3.63, 3.8) is 0 Å². The van der Waals surface area contributed by atoms with Crippen LogP contribution in [0.5, 0.6) is 0 Å². The lowest BCUT2D eigenvalue weighted by Gasteiger charge is -2.37. The SMILES string of the molecule is N#Cc1cc(-c2ccc(N)c(N(C(=O)Nc3cnccn3)C3CCC3)n2)ccc1F. The van der Waals surface area contributed by atoms with Crippen LogP contribution in [0.2, 0.25) is 0 Å². The molecular weight excluding hydrogens is 385 g/mol. The monoisotopic (exact) mass is 403 g/mol.